The van der Waals surface area contributed by atoms with Crippen LogP contribution < -0.4 is 5.73 Å². The van der Waals surface area contributed by atoms with Crippen molar-refractivity contribution in [2.24, 2.45) is 5.73 Å². The average molecular weight is 299 g/mol. The summed E-state index contributed by atoms with van der Waals surface area (Å²) in [7, 11) is 0. The molecule has 2 unspecified atom stereocenters. The predicted molar refractivity (Wildman–Crippen MR) is 83.3 cm³/mol. The van der Waals surface area contributed by atoms with Crippen molar-refractivity contribution in [1.82, 2.24) is 19.8 Å². The highest BCUT2D eigenvalue weighted by molar-refractivity contribution is 7.16. The predicted octanol–water partition coefficient (Wildman–Crippen LogP) is 2.84. The standard InChI is InChI=1S/C15H17N5S/c16-12-9-5-4-8-11(12)14-19-20-13(17-18-15(20)21-14)10-6-2-1-3-7-10/h1-3,6-7,11-12H,4-5,8-9,16H2. The van der Waals surface area contributed by atoms with E-state index in [-0.39, 0.29) is 6.04 Å². The number of hydrogen-bond acceptors (Lipinski definition) is 5. The van der Waals surface area contributed by atoms with Gasteiger partial charge < -0.3 is 5.73 Å². The number of hydrogen-bond donors (Lipinski definition) is 1. The zero-order chi connectivity index (χ0) is 14.2. The van der Waals surface area contributed by atoms with Crippen molar-refractivity contribution in [2.45, 2.75) is 37.6 Å². The maximum Gasteiger partial charge on any atom is 0.234 e. The molecule has 5 nitrogen and oxygen atoms in total. The van der Waals surface area contributed by atoms with Crippen LogP contribution in [0.5, 0.6) is 0 Å². The smallest absolute Gasteiger partial charge is 0.234 e. The van der Waals surface area contributed by atoms with E-state index in [9.17, 15) is 0 Å². The first kappa shape index (κ1) is 12.9. The number of aromatic nitrogens is 4. The third-order valence-electron chi connectivity index (χ3n) is 4.18. The lowest BCUT2D eigenvalue weighted by Crippen LogP contribution is -2.31. The number of fused-ring (bicyclic) bond motifs is 1. The largest absolute Gasteiger partial charge is 0.327 e. The minimum Gasteiger partial charge on any atom is -0.327 e. The van der Waals surface area contributed by atoms with E-state index >= 15 is 0 Å². The second-order valence-corrected chi connectivity index (χ2v) is 6.57. The van der Waals surface area contributed by atoms with Gasteiger partial charge in [0.2, 0.25) is 4.96 Å². The monoisotopic (exact) mass is 299 g/mol. The number of benzene rings is 1. The molecule has 2 heterocycles. The van der Waals surface area contributed by atoms with Gasteiger partial charge in [-0.1, -0.05) is 54.5 Å². The van der Waals surface area contributed by atoms with E-state index in [0.717, 1.165) is 34.2 Å². The minimum absolute atomic E-state index is 0.225. The maximum atomic E-state index is 6.27. The fourth-order valence-electron chi connectivity index (χ4n) is 3.01. The van der Waals surface area contributed by atoms with Crippen molar-refractivity contribution in [1.29, 1.82) is 0 Å². The lowest BCUT2D eigenvalue weighted by Gasteiger charge is -2.26. The zero-order valence-corrected chi connectivity index (χ0v) is 12.5. The molecule has 0 bridgehead atoms. The van der Waals surface area contributed by atoms with Crippen LogP contribution in [0.1, 0.15) is 36.6 Å². The highest BCUT2D eigenvalue weighted by atomic mass is 32.1. The van der Waals surface area contributed by atoms with Crippen molar-refractivity contribution in [3.63, 3.8) is 0 Å². The first-order valence-electron chi connectivity index (χ1n) is 7.36. The summed E-state index contributed by atoms with van der Waals surface area (Å²) in [5, 5.41) is 14.4. The van der Waals surface area contributed by atoms with E-state index in [4.69, 9.17) is 10.8 Å². The van der Waals surface area contributed by atoms with Gasteiger partial charge in [-0.15, -0.1) is 10.2 Å². The SMILES string of the molecule is NC1CCCCC1c1nn2c(-c3ccccc3)nnc2s1. The molecule has 0 saturated heterocycles. The normalized spacial score (nSPS) is 22.7. The molecule has 2 atom stereocenters. The number of nitrogens with zero attached hydrogens (tertiary/aromatic N) is 4. The summed E-state index contributed by atoms with van der Waals surface area (Å²) < 4.78 is 1.86. The molecule has 3 aromatic rings. The van der Waals surface area contributed by atoms with Crippen molar-refractivity contribution >= 4 is 16.3 Å². The van der Waals surface area contributed by atoms with Gasteiger partial charge in [-0.25, -0.2) is 0 Å². The molecule has 2 aromatic heterocycles. The summed E-state index contributed by atoms with van der Waals surface area (Å²) in [6.07, 6.45) is 4.70. The fraction of sp³-hybridized carbons (Fsp3) is 0.400. The van der Waals surface area contributed by atoms with Gasteiger partial charge in [0, 0.05) is 17.5 Å². The van der Waals surface area contributed by atoms with Crippen LogP contribution in [0.25, 0.3) is 16.3 Å². The lowest BCUT2D eigenvalue weighted by atomic mass is 9.86. The van der Waals surface area contributed by atoms with Crippen molar-refractivity contribution in [3.8, 4) is 11.4 Å². The highest BCUT2D eigenvalue weighted by Gasteiger charge is 2.27. The van der Waals surface area contributed by atoms with Crippen LogP contribution in [0.15, 0.2) is 30.3 Å². The summed E-state index contributed by atoms with van der Waals surface area (Å²) in [4.78, 5) is 0.849. The highest BCUT2D eigenvalue weighted by Crippen LogP contribution is 2.34. The summed E-state index contributed by atoms with van der Waals surface area (Å²) in [5.74, 6) is 1.17. The molecule has 1 aliphatic rings. The van der Waals surface area contributed by atoms with Gasteiger partial charge in [-0.05, 0) is 12.8 Å². The Balaban J connectivity index is 1.76. The molecule has 0 spiro atoms. The molecule has 6 heteroatoms. The second-order valence-electron chi connectivity index (χ2n) is 5.58. The third kappa shape index (κ3) is 2.24. The van der Waals surface area contributed by atoms with E-state index in [0.29, 0.717) is 5.92 Å². The molecule has 1 saturated carbocycles. The Labute approximate surface area is 126 Å². The van der Waals surface area contributed by atoms with Gasteiger partial charge >= 0.3 is 0 Å². The van der Waals surface area contributed by atoms with Crippen molar-refractivity contribution < 1.29 is 0 Å². The Morgan fingerprint density at radius 2 is 1.90 bits per heavy atom. The quantitative estimate of drug-likeness (QED) is 0.790. The van der Waals surface area contributed by atoms with Crippen LogP contribution in [0.2, 0.25) is 0 Å². The summed E-state index contributed by atoms with van der Waals surface area (Å²) in [5.41, 5.74) is 7.31. The summed E-state index contributed by atoms with van der Waals surface area (Å²) >= 11 is 1.62. The Morgan fingerprint density at radius 3 is 2.71 bits per heavy atom. The van der Waals surface area contributed by atoms with E-state index in [2.05, 4.69) is 10.2 Å². The van der Waals surface area contributed by atoms with E-state index in [1.165, 1.54) is 12.8 Å². The molecule has 1 aliphatic carbocycles. The molecule has 0 aliphatic heterocycles. The molecule has 21 heavy (non-hydrogen) atoms. The van der Waals surface area contributed by atoms with E-state index in [1.807, 2.05) is 34.8 Å². The van der Waals surface area contributed by atoms with Gasteiger partial charge in [-0.2, -0.15) is 9.61 Å². The topological polar surface area (TPSA) is 69.1 Å². The van der Waals surface area contributed by atoms with Crippen molar-refractivity contribution in [2.75, 3.05) is 0 Å². The molecule has 1 aromatic carbocycles. The molecule has 0 radical (unpaired) electrons. The average Bonchev–Trinajstić information content (AvgIpc) is 3.08. The van der Waals surface area contributed by atoms with Gasteiger partial charge in [0.25, 0.3) is 0 Å². The summed E-state index contributed by atoms with van der Waals surface area (Å²) in [6.45, 7) is 0. The Kier molecular flexibility index (Phi) is 3.20. The summed E-state index contributed by atoms with van der Waals surface area (Å²) in [6, 6.07) is 10.3. The Bertz CT molecular complexity index is 748. The van der Waals surface area contributed by atoms with E-state index in [1.54, 1.807) is 11.3 Å². The zero-order valence-electron chi connectivity index (χ0n) is 11.6. The van der Waals surface area contributed by atoms with Gasteiger partial charge in [0.1, 0.15) is 5.01 Å². The molecule has 0 amide bonds. The second kappa shape index (κ2) is 5.20. The van der Waals surface area contributed by atoms with Gasteiger partial charge in [0.05, 0.1) is 0 Å². The molecule has 1 fully saturated rings. The lowest BCUT2D eigenvalue weighted by molar-refractivity contribution is 0.382. The number of nitrogens with two attached hydrogens (primary N) is 1. The maximum absolute atomic E-state index is 6.27. The molecule has 4 rings (SSSR count). The van der Waals surface area contributed by atoms with E-state index < -0.39 is 0 Å². The van der Waals surface area contributed by atoms with Crippen LogP contribution in [0, 0.1) is 0 Å². The Hall–Kier alpha value is -1.79. The third-order valence-corrected chi connectivity index (χ3v) is 5.21. The first-order valence-corrected chi connectivity index (χ1v) is 8.18. The molecule has 2 N–H and O–H groups in total. The fourth-order valence-corrected chi connectivity index (χ4v) is 4.06. The number of rotatable bonds is 2. The van der Waals surface area contributed by atoms with Crippen LogP contribution in [-0.2, 0) is 0 Å². The van der Waals surface area contributed by atoms with Crippen LogP contribution in [0.3, 0.4) is 0 Å². The minimum atomic E-state index is 0.225. The van der Waals surface area contributed by atoms with Gasteiger partial charge in [-0.3, -0.25) is 0 Å². The Morgan fingerprint density at radius 1 is 1.10 bits per heavy atom. The van der Waals surface area contributed by atoms with Crippen LogP contribution in [-0.4, -0.2) is 25.9 Å². The first-order chi connectivity index (χ1) is 10.3. The molecular weight excluding hydrogens is 282 g/mol. The van der Waals surface area contributed by atoms with Crippen LogP contribution >= 0.6 is 11.3 Å². The molecular formula is C15H17N5S. The van der Waals surface area contributed by atoms with Crippen LogP contribution in [0.4, 0.5) is 0 Å². The molecule has 108 valence electrons. The van der Waals surface area contributed by atoms with Gasteiger partial charge in [0.15, 0.2) is 5.82 Å². The van der Waals surface area contributed by atoms with Crippen molar-refractivity contribution in [3.05, 3.63) is 35.3 Å².